The predicted molar refractivity (Wildman–Crippen MR) is 71.6 cm³/mol. The van der Waals surface area contributed by atoms with E-state index in [2.05, 4.69) is 10.2 Å². The second kappa shape index (κ2) is 4.52. The summed E-state index contributed by atoms with van der Waals surface area (Å²) in [4.78, 5) is 13.9. The van der Waals surface area contributed by atoms with Crippen molar-refractivity contribution in [3.63, 3.8) is 0 Å². The zero-order chi connectivity index (χ0) is 13.3. The van der Waals surface area contributed by atoms with Crippen molar-refractivity contribution in [1.29, 1.82) is 0 Å². The molecular weight excluding hydrogens is 228 g/mol. The van der Waals surface area contributed by atoms with E-state index >= 15 is 0 Å². The van der Waals surface area contributed by atoms with Crippen molar-refractivity contribution in [3.05, 3.63) is 41.1 Å². The minimum absolute atomic E-state index is 0.164. The third kappa shape index (κ3) is 2.07. The summed E-state index contributed by atoms with van der Waals surface area (Å²) in [5.74, 6) is 0.0686. The van der Waals surface area contributed by atoms with Crippen molar-refractivity contribution in [2.75, 3.05) is 17.7 Å². The number of rotatable bonds is 2. The summed E-state index contributed by atoms with van der Waals surface area (Å²) < 4.78 is 0. The number of hydrogen-bond donors (Lipinski definition) is 2. The van der Waals surface area contributed by atoms with E-state index in [1.165, 1.54) is 0 Å². The molecule has 0 saturated heterocycles. The van der Waals surface area contributed by atoms with E-state index in [-0.39, 0.29) is 11.7 Å². The Morgan fingerprint density at radius 2 is 1.89 bits per heavy atom. The number of nitrogens with two attached hydrogens (primary N) is 1. The number of hydrogen-bond acceptors (Lipinski definition) is 3. The van der Waals surface area contributed by atoms with Crippen LogP contribution in [0.3, 0.4) is 0 Å². The summed E-state index contributed by atoms with van der Waals surface area (Å²) in [7, 11) is 1.72. The Morgan fingerprint density at radius 1 is 1.28 bits per heavy atom. The molecule has 1 aromatic heterocycles. The fourth-order valence-electron chi connectivity index (χ4n) is 1.77. The van der Waals surface area contributed by atoms with E-state index in [4.69, 9.17) is 5.73 Å². The molecule has 0 atom stereocenters. The van der Waals surface area contributed by atoms with E-state index in [9.17, 15) is 4.79 Å². The number of aryl methyl sites for hydroxylation is 2. The number of carbonyl (C=O) groups is 1. The molecule has 0 spiro atoms. The molecule has 1 heterocycles. The van der Waals surface area contributed by atoms with Crippen molar-refractivity contribution < 1.29 is 4.79 Å². The highest BCUT2D eigenvalue weighted by molar-refractivity contribution is 6.09. The molecule has 0 aliphatic carbocycles. The summed E-state index contributed by atoms with van der Waals surface area (Å²) in [5.41, 5.74) is 8.77. The number of anilines is 2. The normalized spacial score (nSPS) is 10.4. The van der Waals surface area contributed by atoms with Crippen LogP contribution in [-0.2, 0) is 0 Å². The van der Waals surface area contributed by atoms with Gasteiger partial charge in [-0.1, -0.05) is 17.7 Å². The summed E-state index contributed by atoms with van der Waals surface area (Å²) in [6, 6.07) is 7.73. The van der Waals surface area contributed by atoms with Gasteiger partial charge >= 0.3 is 0 Å². The fraction of sp³-hybridized carbons (Fsp3) is 0.231. The lowest BCUT2D eigenvalue weighted by Crippen LogP contribution is -2.27. The summed E-state index contributed by atoms with van der Waals surface area (Å²) >= 11 is 0. The minimum atomic E-state index is -0.164. The largest absolute Gasteiger partial charge is 0.382 e. The first kappa shape index (κ1) is 12.2. The van der Waals surface area contributed by atoms with Crippen LogP contribution in [0.15, 0.2) is 24.3 Å². The van der Waals surface area contributed by atoms with Crippen molar-refractivity contribution in [3.8, 4) is 0 Å². The zero-order valence-corrected chi connectivity index (χ0v) is 10.7. The van der Waals surface area contributed by atoms with Crippen LogP contribution < -0.4 is 10.6 Å². The maximum absolute atomic E-state index is 12.3. The number of nitrogens with one attached hydrogen (secondary N) is 1. The Morgan fingerprint density at radius 3 is 2.39 bits per heavy atom. The number of nitrogens with zero attached hydrogens (tertiary/aromatic N) is 2. The maximum atomic E-state index is 12.3. The lowest BCUT2D eigenvalue weighted by Gasteiger charge is -2.17. The molecule has 2 rings (SSSR count). The van der Waals surface area contributed by atoms with Gasteiger partial charge in [-0.05, 0) is 26.0 Å². The van der Waals surface area contributed by atoms with Gasteiger partial charge in [0.15, 0.2) is 5.82 Å². The van der Waals surface area contributed by atoms with Crippen molar-refractivity contribution >= 4 is 17.4 Å². The van der Waals surface area contributed by atoms with Crippen LogP contribution in [0, 0.1) is 13.8 Å². The highest BCUT2D eigenvalue weighted by atomic mass is 16.2. The SMILES string of the molecule is Cc1ccc(N(C)C(=O)c2c(N)n[nH]c2C)cc1. The highest BCUT2D eigenvalue weighted by Gasteiger charge is 2.20. The lowest BCUT2D eigenvalue weighted by atomic mass is 10.2. The van der Waals surface area contributed by atoms with Gasteiger partial charge in [0.1, 0.15) is 5.56 Å². The smallest absolute Gasteiger partial charge is 0.263 e. The second-order valence-electron chi connectivity index (χ2n) is 4.31. The van der Waals surface area contributed by atoms with Crippen LogP contribution in [0.25, 0.3) is 0 Å². The molecule has 94 valence electrons. The maximum Gasteiger partial charge on any atom is 0.263 e. The van der Waals surface area contributed by atoms with Gasteiger partial charge in [-0.15, -0.1) is 0 Å². The van der Waals surface area contributed by atoms with Gasteiger partial charge in [0.25, 0.3) is 5.91 Å². The molecular formula is C13H16N4O. The number of aromatic nitrogens is 2. The number of H-pyrrole nitrogens is 1. The molecule has 5 heteroatoms. The monoisotopic (exact) mass is 244 g/mol. The van der Waals surface area contributed by atoms with Crippen LogP contribution >= 0.6 is 0 Å². The van der Waals surface area contributed by atoms with Crippen molar-refractivity contribution in [1.82, 2.24) is 10.2 Å². The summed E-state index contributed by atoms with van der Waals surface area (Å²) in [6.45, 7) is 3.78. The van der Waals surface area contributed by atoms with E-state index in [0.29, 0.717) is 11.3 Å². The minimum Gasteiger partial charge on any atom is -0.382 e. The number of carbonyl (C=O) groups excluding carboxylic acids is 1. The first-order valence-corrected chi connectivity index (χ1v) is 5.66. The average Bonchev–Trinajstić information content (AvgIpc) is 2.68. The third-order valence-corrected chi connectivity index (χ3v) is 2.91. The molecule has 0 aliphatic rings. The summed E-state index contributed by atoms with van der Waals surface area (Å²) in [6.07, 6.45) is 0. The molecule has 3 N–H and O–H groups in total. The molecule has 0 fully saturated rings. The van der Waals surface area contributed by atoms with Crippen molar-refractivity contribution in [2.24, 2.45) is 0 Å². The van der Waals surface area contributed by atoms with E-state index in [0.717, 1.165) is 11.3 Å². The van der Waals surface area contributed by atoms with Crippen molar-refractivity contribution in [2.45, 2.75) is 13.8 Å². The third-order valence-electron chi connectivity index (χ3n) is 2.91. The van der Waals surface area contributed by atoms with Gasteiger partial charge in [0.05, 0.1) is 0 Å². The van der Waals surface area contributed by atoms with Crippen LogP contribution in [0.2, 0.25) is 0 Å². The van der Waals surface area contributed by atoms with E-state index in [1.54, 1.807) is 18.9 Å². The number of nitrogen functional groups attached to an aromatic ring is 1. The van der Waals surface area contributed by atoms with E-state index < -0.39 is 0 Å². The molecule has 0 bridgehead atoms. The average molecular weight is 244 g/mol. The molecule has 1 amide bonds. The van der Waals surface area contributed by atoms with Crippen LogP contribution in [0.1, 0.15) is 21.6 Å². The molecule has 5 nitrogen and oxygen atoms in total. The van der Waals surface area contributed by atoms with Crippen LogP contribution in [0.5, 0.6) is 0 Å². The van der Waals surface area contributed by atoms with Gasteiger partial charge in [-0.3, -0.25) is 9.89 Å². The standard InChI is InChI=1S/C13H16N4O/c1-8-4-6-10(7-5-8)17(3)13(18)11-9(2)15-16-12(11)14/h4-7H,1-3H3,(H3,14,15,16). The molecule has 0 saturated carbocycles. The van der Waals surface area contributed by atoms with Crippen LogP contribution in [0.4, 0.5) is 11.5 Å². The number of aromatic amines is 1. The fourth-order valence-corrected chi connectivity index (χ4v) is 1.77. The van der Waals surface area contributed by atoms with Gasteiger partial charge in [-0.2, -0.15) is 5.10 Å². The molecule has 2 aromatic rings. The molecule has 0 unspecified atom stereocenters. The first-order valence-electron chi connectivity index (χ1n) is 5.66. The predicted octanol–water partition coefficient (Wildman–Crippen LogP) is 1.89. The topological polar surface area (TPSA) is 75.0 Å². The Balaban J connectivity index is 2.32. The highest BCUT2D eigenvalue weighted by Crippen LogP contribution is 2.20. The molecule has 1 aromatic carbocycles. The van der Waals surface area contributed by atoms with E-state index in [1.807, 2.05) is 31.2 Å². The Hall–Kier alpha value is -2.30. The van der Waals surface area contributed by atoms with Crippen LogP contribution in [-0.4, -0.2) is 23.2 Å². The first-order chi connectivity index (χ1) is 8.50. The lowest BCUT2D eigenvalue weighted by molar-refractivity contribution is 0.0993. The molecule has 0 radical (unpaired) electrons. The second-order valence-corrected chi connectivity index (χ2v) is 4.31. The zero-order valence-electron chi connectivity index (χ0n) is 10.7. The van der Waals surface area contributed by atoms with Gasteiger partial charge in [0, 0.05) is 18.4 Å². The van der Waals surface area contributed by atoms with Gasteiger partial charge < -0.3 is 10.6 Å². The quantitative estimate of drug-likeness (QED) is 0.847. The van der Waals surface area contributed by atoms with Gasteiger partial charge in [-0.25, -0.2) is 0 Å². The summed E-state index contributed by atoms with van der Waals surface area (Å²) in [5, 5.41) is 6.54. The Bertz CT molecular complexity index is 552. The molecule has 18 heavy (non-hydrogen) atoms. The number of benzene rings is 1. The number of amides is 1. The Labute approximate surface area is 106 Å². The van der Waals surface area contributed by atoms with Gasteiger partial charge in [0.2, 0.25) is 0 Å². The molecule has 0 aliphatic heterocycles. The Kier molecular flexibility index (Phi) is 3.06.